The first-order chi connectivity index (χ1) is 13.5. The molecule has 0 amide bonds. The van der Waals surface area contributed by atoms with Crippen molar-refractivity contribution in [2.45, 2.75) is 38.6 Å². The maximum absolute atomic E-state index is 5.39. The van der Waals surface area contributed by atoms with Crippen molar-refractivity contribution in [2.24, 2.45) is 10.4 Å². The van der Waals surface area contributed by atoms with Crippen LogP contribution in [0.15, 0.2) is 29.3 Å². The van der Waals surface area contributed by atoms with E-state index in [1.807, 2.05) is 12.1 Å². The molecule has 158 valence electrons. The van der Waals surface area contributed by atoms with Gasteiger partial charge in [-0.05, 0) is 63.4 Å². The first-order valence-electron chi connectivity index (χ1n) is 10.3. The fraction of sp³-hybridized carbons (Fsp3) is 0.682. The molecule has 0 aliphatic heterocycles. The molecule has 28 heavy (non-hydrogen) atoms. The van der Waals surface area contributed by atoms with Gasteiger partial charge >= 0.3 is 0 Å². The zero-order valence-corrected chi connectivity index (χ0v) is 18.3. The summed E-state index contributed by atoms with van der Waals surface area (Å²) >= 11 is 0. The maximum Gasteiger partial charge on any atom is 0.191 e. The van der Waals surface area contributed by atoms with Gasteiger partial charge in [0.25, 0.3) is 0 Å². The molecule has 0 radical (unpaired) electrons. The van der Waals surface area contributed by atoms with Crippen LogP contribution >= 0.6 is 0 Å². The van der Waals surface area contributed by atoms with Crippen molar-refractivity contribution in [3.63, 3.8) is 0 Å². The minimum atomic E-state index is 0.227. The van der Waals surface area contributed by atoms with Crippen LogP contribution < -0.4 is 15.4 Å². The average Bonchev–Trinajstić information content (AvgIpc) is 2.66. The van der Waals surface area contributed by atoms with Crippen LogP contribution in [-0.4, -0.2) is 65.4 Å². The summed E-state index contributed by atoms with van der Waals surface area (Å²) in [6.45, 7) is 5.40. The molecule has 1 aromatic rings. The second kappa shape index (κ2) is 11.3. The predicted molar refractivity (Wildman–Crippen MR) is 116 cm³/mol. The van der Waals surface area contributed by atoms with Gasteiger partial charge in [-0.2, -0.15) is 0 Å². The van der Waals surface area contributed by atoms with E-state index in [9.17, 15) is 0 Å². The molecule has 1 fully saturated rings. The van der Waals surface area contributed by atoms with Crippen molar-refractivity contribution >= 4 is 5.96 Å². The maximum atomic E-state index is 5.39. The van der Waals surface area contributed by atoms with E-state index in [0.29, 0.717) is 5.41 Å². The summed E-state index contributed by atoms with van der Waals surface area (Å²) in [4.78, 5) is 7.13. The Hall–Kier alpha value is -1.79. The molecular formula is C22H38N4O2. The Balaban J connectivity index is 2.02. The molecule has 1 saturated carbocycles. The molecule has 6 nitrogen and oxygen atoms in total. The Morgan fingerprint density at radius 2 is 2.04 bits per heavy atom. The lowest BCUT2D eigenvalue weighted by atomic mass is 9.67. The Morgan fingerprint density at radius 1 is 1.25 bits per heavy atom. The van der Waals surface area contributed by atoms with Crippen molar-refractivity contribution in [3.8, 4) is 5.75 Å². The third-order valence-electron chi connectivity index (χ3n) is 5.73. The number of guanidine groups is 1. The molecule has 0 heterocycles. The van der Waals surface area contributed by atoms with Gasteiger partial charge in [0.2, 0.25) is 0 Å². The van der Waals surface area contributed by atoms with E-state index in [-0.39, 0.29) is 6.04 Å². The van der Waals surface area contributed by atoms with Gasteiger partial charge in [0.05, 0.1) is 13.2 Å². The summed E-state index contributed by atoms with van der Waals surface area (Å²) in [6.07, 6.45) is 4.91. The number of likely N-dealkylation sites (N-methyl/N-ethyl adjacent to an activating group) is 1. The summed E-state index contributed by atoms with van der Waals surface area (Å²) in [5.41, 5.74) is 1.55. The van der Waals surface area contributed by atoms with E-state index in [1.54, 1.807) is 14.2 Å². The monoisotopic (exact) mass is 390 g/mol. The van der Waals surface area contributed by atoms with Crippen molar-refractivity contribution < 1.29 is 9.47 Å². The molecule has 0 saturated heterocycles. The van der Waals surface area contributed by atoms with E-state index in [0.717, 1.165) is 44.4 Å². The summed E-state index contributed by atoms with van der Waals surface area (Å²) in [6, 6.07) is 8.50. The van der Waals surface area contributed by atoms with Gasteiger partial charge in [-0.15, -0.1) is 0 Å². The number of hydrogen-bond acceptors (Lipinski definition) is 4. The van der Waals surface area contributed by atoms with Crippen molar-refractivity contribution in [1.29, 1.82) is 0 Å². The Labute approximate surface area is 170 Å². The first kappa shape index (κ1) is 22.5. The molecule has 0 spiro atoms. The first-order valence-corrected chi connectivity index (χ1v) is 10.3. The van der Waals surface area contributed by atoms with Crippen molar-refractivity contribution in [2.75, 3.05) is 54.6 Å². The smallest absolute Gasteiger partial charge is 0.191 e. The molecule has 0 aromatic heterocycles. The van der Waals surface area contributed by atoms with E-state index in [2.05, 4.69) is 48.7 Å². The molecular weight excluding hydrogens is 352 g/mol. The number of nitrogens with one attached hydrogen (secondary N) is 2. The van der Waals surface area contributed by atoms with Crippen LogP contribution in [0, 0.1) is 5.41 Å². The lowest BCUT2D eigenvalue weighted by molar-refractivity contribution is 0.0778. The fourth-order valence-corrected chi connectivity index (χ4v) is 3.71. The molecule has 2 N–H and O–H groups in total. The Kier molecular flexibility index (Phi) is 9.06. The molecule has 1 aromatic carbocycles. The van der Waals surface area contributed by atoms with Gasteiger partial charge < -0.3 is 25.0 Å². The average molecular weight is 391 g/mol. The van der Waals surface area contributed by atoms with E-state index in [4.69, 9.17) is 14.5 Å². The number of rotatable bonds is 11. The second-order valence-electron chi connectivity index (χ2n) is 7.93. The number of hydrogen-bond donors (Lipinski definition) is 2. The molecule has 0 bridgehead atoms. The fourth-order valence-electron chi connectivity index (χ4n) is 3.71. The van der Waals surface area contributed by atoms with Crippen LogP contribution in [0.1, 0.15) is 44.2 Å². The third kappa shape index (κ3) is 6.38. The van der Waals surface area contributed by atoms with Gasteiger partial charge in [0, 0.05) is 33.4 Å². The number of ether oxygens (including phenoxy) is 2. The highest BCUT2D eigenvalue weighted by Gasteiger charge is 2.36. The number of nitrogens with zero attached hydrogens (tertiary/aromatic N) is 2. The third-order valence-corrected chi connectivity index (χ3v) is 5.73. The normalized spacial score (nSPS) is 17.1. The van der Waals surface area contributed by atoms with Crippen LogP contribution in [-0.2, 0) is 4.74 Å². The van der Waals surface area contributed by atoms with Crippen LogP contribution in [0.3, 0.4) is 0 Å². The van der Waals surface area contributed by atoms with Crippen LogP contribution in [0.25, 0.3) is 0 Å². The quantitative estimate of drug-likeness (QED) is 0.449. The highest BCUT2D eigenvalue weighted by molar-refractivity contribution is 5.79. The Bertz CT molecular complexity index is 614. The van der Waals surface area contributed by atoms with Gasteiger partial charge in [-0.3, -0.25) is 4.99 Å². The summed E-state index contributed by atoms with van der Waals surface area (Å²) in [7, 11) is 7.69. The van der Waals surface area contributed by atoms with Crippen molar-refractivity contribution in [1.82, 2.24) is 15.5 Å². The van der Waals surface area contributed by atoms with Crippen molar-refractivity contribution in [3.05, 3.63) is 29.8 Å². The molecule has 6 heteroatoms. The summed E-state index contributed by atoms with van der Waals surface area (Å²) in [5.74, 6) is 1.77. The minimum Gasteiger partial charge on any atom is -0.497 e. The Morgan fingerprint density at radius 3 is 2.61 bits per heavy atom. The van der Waals surface area contributed by atoms with Gasteiger partial charge in [0.15, 0.2) is 5.96 Å². The SMILES string of the molecule is CCNC(=NCC1(CCOC)CCC1)NCC(c1cccc(OC)c1)N(C)C. The zero-order chi connectivity index (χ0) is 20.4. The van der Waals surface area contributed by atoms with Crippen LogP contribution in [0.4, 0.5) is 0 Å². The highest BCUT2D eigenvalue weighted by Crippen LogP contribution is 2.44. The second-order valence-corrected chi connectivity index (χ2v) is 7.93. The summed E-state index contributed by atoms with van der Waals surface area (Å²) < 4.78 is 10.7. The molecule has 1 aliphatic rings. The zero-order valence-electron chi connectivity index (χ0n) is 18.3. The molecule has 1 unspecified atom stereocenters. The molecule has 1 aliphatic carbocycles. The largest absolute Gasteiger partial charge is 0.497 e. The van der Waals surface area contributed by atoms with E-state index < -0.39 is 0 Å². The van der Waals surface area contributed by atoms with Crippen LogP contribution in [0.5, 0.6) is 5.75 Å². The van der Waals surface area contributed by atoms with Gasteiger partial charge in [-0.1, -0.05) is 18.6 Å². The van der Waals surface area contributed by atoms with E-state index in [1.165, 1.54) is 24.8 Å². The minimum absolute atomic E-state index is 0.227. The lowest BCUT2D eigenvalue weighted by Crippen LogP contribution is -2.43. The molecule has 2 rings (SSSR count). The van der Waals surface area contributed by atoms with Gasteiger partial charge in [-0.25, -0.2) is 0 Å². The topological polar surface area (TPSA) is 58.1 Å². The molecule has 1 atom stereocenters. The highest BCUT2D eigenvalue weighted by atomic mass is 16.5. The van der Waals surface area contributed by atoms with Crippen LogP contribution in [0.2, 0.25) is 0 Å². The lowest BCUT2D eigenvalue weighted by Gasteiger charge is -2.40. The number of benzene rings is 1. The predicted octanol–water partition coefficient (Wildman–Crippen LogP) is 3.06. The van der Waals surface area contributed by atoms with Gasteiger partial charge in [0.1, 0.15) is 5.75 Å². The van der Waals surface area contributed by atoms with E-state index >= 15 is 0 Å². The standard InChI is InChI=1S/C22H38N4O2/c1-6-23-21(25-17-22(11-8-12-22)13-14-27-4)24-16-20(26(2)3)18-9-7-10-19(15-18)28-5/h7,9-10,15,20H,6,8,11-14,16-17H2,1-5H3,(H2,23,24,25). The number of aliphatic imine (C=N–C) groups is 1. The number of methoxy groups -OCH3 is 2. The summed E-state index contributed by atoms with van der Waals surface area (Å²) in [5, 5.41) is 6.93.